The quantitative estimate of drug-likeness (QED) is 0.324. The maximum atomic E-state index is 13.1. The van der Waals surface area contributed by atoms with Gasteiger partial charge in [0.25, 0.3) is 17.7 Å². The SMILES string of the molecule is COc1cc(/C=C2/C(=O)NC(=O)N(c3ccccc3)C2=O)cc(Br)c1OCC(=O)Nc1ccccc1C. The summed E-state index contributed by atoms with van der Waals surface area (Å²) in [7, 11) is 1.42. The zero-order valence-electron chi connectivity index (χ0n) is 19.9. The minimum atomic E-state index is -0.829. The third-order valence-electron chi connectivity index (χ3n) is 5.45. The van der Waals surface area contributed by atoms with Gasteiger partial charge < -0.3 is 14.8 Å². The summed E-state index contributed by atoms with van der Waals surface area (Å²) in [5.74, 6) is -1.40. The topological polar surface area (TPSA) is 114 Å². The van der Waals surface area contributed by atoms with Crippen molar-refractivity contribution in [2.24, 2.45) is 0 Å². The van der Waals surface area contributed by atoms with E-state index in [-0.39, 0.29) is 29.6 Å². The van der Waals surface area contributed by atoms with Crippen LogP contribution < -0.4 is 25.0 Å². The zero-order chi connectivity index (χ0) is 26.5. The number of aryl methyl sites for hydroxylation is 1. The van der Waals surface area contributed by atoms with Gasteiger partial charge in [0, 0.05) is 5.69 Å². The molecule has 188 valence electrons. The first-order valence-corrected chi connectivity index (χ1v) is 11.9. The standard InChI is InChI=1S/C27H22BrN3O6/c1-16-8-6-7-11-21(16)29-23(32)15-37-24-20(28)13-17(14-22(24)36-2)12-19-25(33)30-27(35)31(26(19)34)18-9-4-3-5-10-18/h3-14H,15H2,1-2H3,(H,29,32)(H,30,33,35)/b19-12-. The average Bonchev–Trinajstić information content (AvgIpc) is 2.87. The predicted molar refractivity (Wildman–Crippen MR) is 141 cm³/mol. The average molecular weight is 564 g/mol. The number of benzene rings is 3. The van der Waals surface area contributed by atoms with E-state index in [9.17, 15) is 19.2 Å². The van der Waals surface area contributed by atoms with Crippen LogP contribution in [-0.4, -0.2) is 37.5 Å². The molecule has 3 aromatic rings. The van der Waals surface area contributed by atoms with Gasteiger partial charge in [0.1, 0.15) is 5.57 Å². The van der Waals surface area contributed by atoms with Gasteiger partial charge in [-0.25, -0.2) is 9.69 Å². The Morgan fingerprint density at radius 1 is 1.05 bits per heavy atom. The van der Waals surface area contributed by atoms with E-state index < -0.39 is 17.8 Å². The third-order valence-corrected chi connectivity index (χ3v) is 6.03. The summed E-state index contributed by atoms with van der Waals surface area (Å²) < 4.78 is 11.6. The van der Waals surface area contributed by atoms with Crippen LogP contribution in [-0.2, 0) is 14.4 Å². The number of nitrogens with one attached hydrogen (secondary N) is 2. The van der Waals surface area contributed by atoms with Gasteiger partial charge in [0.05, 0.1) is 17.3 Å². The molecular weight excluding hydrogens is 542 g/mol. The highest BCUT2D eigenvalue weighted by atomic mass is 79.9. The Labute approximate surface area is 221 Å². The van der Waals surface area contributed by atoms with Crippen molar-refractivity contribution in [3.63, 3.8) is 0 Å². The molecule has 0 saturated carbocycles. The molecule has 4 rings (SSSR count). The van der Waals surface area contributed by atoms with E-state index in [0.29, 0.717) is 21.4 Å². The van der Waals surface area contributed by atoms with Gasteiger partial charge in [-0.3, -0.25) is 19.7 Å². The normalized spacial score (nSPS) is 14.4. The fourth-order valence-electron chi connectivity index (χ4n) is 3.64. The summed E-state index contributed by atoms with van der Waals surface area (Å²) in [6.45, 7) is 1.61. The van der Waals surface area contributed by atoms with Crippen molar-refractivity contribution in [2.75, 3.05) is 23.9 Å². The van der Waals surface area contributed by atoms with Crippen LogP contribution in [0.3, 0.4) is 0 Å². The molecule has 1 aliphatic rings. The van der Waals surface area contributed by atoms with Crippen molar-refractivity contribution in [1.82, 2.24) is 5.32 Å². The van der Waals surface area contributed by atoms with E-state index in [0.717, 1.165) is 10.5 Å². The molecule has 1 fully saturated rings. The number of rotatable bonds is 7. The van der Waals surface area contributed by atoms with Crippen molar-refractivity contribution in [3.8, 4) is 11.5 Å². The number of anilines is 2. The van der Waals surface area contributed by atoms with E-state index in [1.807, 2.05) is 25.1 Å². The Kier molecular flexibility index (Phi) is 7.69. The smallest absolute Gasteiger partial charge is 0.335 e. The summed E-state index contributed by atoms with van der Waals surface area (Å²) in [6.07, 6.45) is 1.35. The Bertz CT molecular complexity index is 1420. The molecule has 1 heterocycles. The summed E-state index contributed by atoms with van der Waals surface area (Å²) in [5, 5.41) is 4.98. The summed E-state index contributed by atoms with van der Waals surface area (Å²) in [6, 6.07) is 18.0. The molecule has 0 spiro atoms. The molecule has 1 aliphatic heterocycles. The molecule has 0 radical (unpaired) electrons. The van der Waals surface area contributed by atoms with Crippen LogP contribution in [0.25, 0.3) is 6.08 Å². The Hall–Kier alpha value is -4.44. The second-order valence-corrected chi connectivity index (χ2v) is 8.83. The second-order valence-electron chi connectivity index (χ2n) is 7.98. The van der Waals surface area contributed by atoms with Gasteiger partial charge in [-0.15, -0.1) is 0 Å². The highest BCUT2D eigenvalue weighted by Gasteiger charge is 2.36. The maximum absolute atomic E-state index is 13.1. The third kappa shape index (κ3) is 5.70. The maximum Gasteiger partial charge on any atom is 0.335 e. The van der Waals surface area contributed by atoms with Crippen molar-refractivity contribution >= 4 is 57.1 Å². The molecule has 9 nitrogen and oxygen atoms in total. The first-order valence-electron chi connectivity index (χ1n) is 11.1. The molecule has 3 aromatic carbocycles. The van der Waals surface area contributed by atoms with Crippen LogP contribution in [0.2, 0.25) is 0 Å². The van der Waals surface area contributed by atoms with Crippen LogP contribution in [0.15, 0.2) is 76.8 Å². The zero-order valence-corrected chi connectivity index (χ0v) is 21.5. The van der Waals surface area contributed by atoms with Crippen molar-refractivity contribution in [1.29, 1.82) is 0 Å². The van der Waals surface area contributed by atoms with E-state index in [4.69, 9.17) is 9.47 Å². The number of carbonyl (C=O) groups is 4. The summed E-state index contributed by atoms with van der Waals surface area (Å²) >= 11 is 3.40. The summed E-state index contributed by atoms with van der Waals surface area (Å²) in [4.78, 5) is 51.2. The van der Waals surface area contributed by atoms with E-state index in [1.54, 1.807) is 48.5 Å². The number of halogens is 1. The first-order chi connectivity index (χ1) is 17.8. The molecule has 0 unspecified atom stereocenters. The van der Waals surface area contributed by atoms with Crippen LogP contribution in [0.5, 0.6) is 11.5 Å². The number of imide groups is 2. The van der Waals surface area contributed by atoms with Gasteiger partial charge in [-0.2, -0.15) is 0 Å². The van der Waals surface area contributed by atoms with Crippen molar-refractivity contribution in [3.05, 3.63) is 87.9 Å². The molecule has 1 saturated heterocycles. The Balaban J connectivity index is 1.56. The van der Waals surface area contributed by atoms with Crippen LogP contribution in [0, 0.1) is 6.92 Å². The fraction of sp³-hybridized carbons (Fsp3) is 0.111. The number of carbonyl (C=O) groups excluding carboxylic acids is 4. The monoisotopic (exact) mass is 563 g/mol. The molecule has 0 aliphatic carbocycles. The van der Waals surface area contributed by atoms with E-state index >= 15 is 0 Å². The first kappa shape index (κ1) is 25.6. The highest BCUT2D eigenvalue weighted by molar-refractivity contribution is 9.10. The fourth-order valence-corrected chi connectivity index (χ4v) is 4.21. The molecule has 10 heteroatoms. The number of amides is 5. The lowest BCUT2D eigenvalue weighted by Crippen LogP contribution is -2.54. The number of urea groups is 1. The number of ether oxygens (including phenoxy) is 2. The second kappa shape index (κ2) is 11.1. The van der Waals surface area contributed by atoms with E-state index in [1.165, 1.54) is 13.2 Å². The number of para-hydroxylation sites is 2. The minimum Gasteiger partial charge on any atom is -0.493 e. The largest absolute Gasteiger partial charge is 0.493 e. The van der Waals surface area contributed by atoms with Gasteiger partial charge >= 0.3 is 6.03 Å². The molecule has 0 atom stereocenters. The highest BCUT2D eigenvalue weighted by Crippen LogP contribution is 2.37. The molecule has 37 heavy (non-hydrogen) atoms. The van der Waals surface area contributed by atoms with Crippen LogP contribution in [0.4, 0.5) is 16.2 Å². The van der Waals surface area contributed by atoms with Crippen molar-refractivity contribution < 1.29 is 28.7 Å². The van der Waals surface area contributed by atoms with Crippen molar-refractivity contribution in [2.45, 2.75) is 6.92 Å². The molecule has 5 amide bonds. The van der Waals surface area contributed by atoms with Gasteiger partial charge in [0.2, 0.25) is 0 Å². The van der Waals surface area contributed by atoms with E-state index in [2.05, 4.69) is 26.6 Å². The molecule has 2 N–H and O–H groups in total. The number of methoxy groups -OCH3 is 1. The van der Waals surface area contributed by atoms with Gasteiger partial charge in [-0.1, -0.05) is 36.4 Å². The Morgan fingerprint density at radius 2 is 1.76 bits per heavy atom. The molecule has 0 bridgehead atoms. The summed E-state index contributed by atoms with van der Waals surface area (Å²) in [5.41, 5.74) is 2.13. The van der Waals surface area contributed by atoms with Crippen LogP contribution in [0.1, 0.15) is 11.1 Å². The van der Waals surface area contributed by atoms with Gasteiger partial charge in [-0.05, 0) is 70.4 Å². The lowest BCUT2D eigenvalue weighted by Gasteiger charge is -2.26. The number of hydrogen-bond acceptors (Lipinski definition) is 6. The number of hydrogen-bond donors (Lipinski definition) is 2. The molecular formula is C27H22BrN3O6. The molecule has 0 aromatic heterocycles. The lowest BCUT2D eigenvalue weighted by molar-refractivity contribution is -0.122. The van der Waals surface area contributed by atoms with Crippen LogP contribution >= 0.6 is 15.9 Å². The number of nitrogens with zero attached hydrogens (tertiary/aromatic N) is 1. The number of barbiturate groups is 1. The minimum absolute atomic E-state index is 0.233. The Morgan fingerprint density at radius 3 is 2.46 bits per heavy atom. The predicted octanol–water partition coefficient (Wildman–Crippen LogP) is 4.45. The van der Waals surface area contributed by atoms with Gasteiger partial charge in [0.15, 0.2) is 18.1 Å². The lowest BCUT2D eigenvalue weighted by atomic mass is 10.1.